The van der Waals surface area contributed by atoms with E-state index >= 15 is 0 Å². The maximum Gasteiger partial charge on any atom is 0.354 e. The second kappa shape index (κ2) is 5.40. The van der Waals surface area contributed by atoms with Crippen molar-refractivity contribution in [2.24, 2.45) is 5.84 Å². The van der Waals surface area contributed by atoms with Crippen LogP contribution in [0.3, 0.4) is 0 Å². The highest BCUT2D eigenvalue weighted by Gasteiger charge is 2.22. The number of nitrogens with zero attached hydrogens (tertiary/aromatic N) is 3. The molecule has 0 saturated heterocycles. The number of anilines is 3. The van der Waals surface area contributed by atoms with Crippen LogP contribution in [0.1, 0.15) is 0 Å². The van der Waals surface area contributed by atoms with Gasteiger partial charge in [-0.05, 0) is 12.1 Å². The molecule has 0 bridgehead atoms. The Morgan fingerprint density at radius 1 is 1.20 bits per heavy atom. The summed E-state index contributed by atoms with van der Waals surface area (Å²) in [5.74, 6) is 2.57. The van der Waals surface area contributed by atoms with Gasteiger partial charge in [-0.1, -0.05) is 0 Å². The zero-order valence-corrected chi connectivity index (χ0v) is 9.80. The van der Waals surface area contributed by atoms with Crippen molar-refractivity contribution in [2.75, 3.05) is 10.7 Å². The third kappa shape index (κ3) is 2.59. The number of nitrogen functional groups attached to an aromatic ring is 1. The van der Waals surface area contributed by atoms with E-state index in [4.69, 9.17) is 5.84 Å². The average Bonchev–Trinajstić information content (AvgIpc) is 2.42. The number of nitrogens with one attached hydrogen (secondary N) is 2. The number of rotatable bonds is 4. The molecule has 0 radical (unpaired) electrons. The van der Waals surface area contributed by atoms with Crippen molar-refractivity contribution in [1.82, 2.24) is 9.97 Å². The maximum atomic E-state index is 13.1. The van der Waals surface area contributed by atoms with Gasteiger partial charge < -0.3 is 10.7 Å². The summed E-state index contributed by atoms with van der Waals surface area (Å²) in [7, 11) is 0. The second-order valence-corrected chi connectivity index (χ2v) is 3.57. The quantitative estimate of drug-likeness (QED) is 0.443. The Morgan fingerprint density at radius 3 is 2.50 bits per heavy atom. The van der Waals surface area contributed by atoms with E-state index in [1.165, 1.54) is 6.07 Å². The van der Waals surface area contributed by atoms with Crippen LogP contribution < -0.4 is 16.6 Å². The minimum Gasteiger partial charge on any atom is -0.334 e. The highest BCUT2D eigenvalue weighted by Crippen LogP contribution is 2.30. The van der Waals surface area contributed by atoms with Gasteiger partial charge in [-0.3, -0.25) is 10.1 Å². The van der Waals surface area contributed by atoms with E-state index in [9.17, 15) is 18.9 Å². The number of hydrogen-bond donors (Lipinski definition) is 3. The standard InChI is InChI=1S/C10H8F2N6O2/c11-6-2-1-5(3-7(6)12)16-9-8(18(19)20)10(17-13)15-4-14-9/h1-4H,13H2,(H2,14,15,16,17). The molecule has 2 aromatic rings. The second-order valence-electron chi connectivity index (χ2n) is 3.57. The summed E-state index contributed by atoms with van der Waals surface area (Å²) in [5, 5.41) is 13.5. The Hall–Kier alpha value is -2.88. The lowest BCUT2D eigenvalue weighted by Crippen LogP contribution is -2.12. The Morgan fingerprint density at radius 2 is 1.90 bits per heavy atom. The van der Waals surface area contributed by atoms with Crippen LogP contribution in [0.2, 0.25) is 0 Å². The van der Waals surface area contributed by atoms with Gasteiger partial charge in [0.05, 0.1) is 4.92 Å². The molecule has 0 spiro atoms. The molecule has 0 unspecified atom stereocenters. The molecule has 8 nitrogen and oxygen atoms in total. The fourth-order valence-electron chi connectivity index (χ4n) is 1.46. The van der Waals surface area contributed by atoms with Crippen molar-refractivity contribution < 1.29 is 13.7 Å². The van der Waals surface area contributed by atoms with Crippen molar-refractivity contribution in [3.8, 4) is 0 Å². The zero-order valence-electron chi connectivity index (χ0n) is 9.80. The largest absolute Gasteiger partial charge is 0.354 e. The Labute approximate surface area is 110 Å². The summed E-state index contributed by atoms with van der Waals surface area (Å²) in [6, 6.07) is 2.93. The van der Waals surface area contributed by atoms with Gasteiger partial charge in [-0.15, -0.1) is 0 Å². The molecule has 10 heteroatoms. The predicted octanol–water partition coefficient (Wildman–Crippen LogP) is 1.69. The summed E-state index contributed by atoms with van der Waals surface area (Å²) < 4.78 is 25.9. The molecule has 0 aliphatic carbocycles. The summed E-state index contributed by atoms with van der Waals surface area (Å²) in [4.78, 5) is 17.5. The maximum absolute atomic E-state index is 13.1. The van der Waals surface area contributed by atoms with Gasteiger partial charge in [0.15, 0.2) is 11.6 Å². The highest BCUT2D eigenvalue weighted by atomic mass is 19.2. The van der Waals surface area contributed by atoms with Crippen molar-refractivity contribution >= 4 is 23.0 Å². The lowest BCUT2D eigenvalue weighted by Gasteiger charge is -2.08. The zero-order chi connectivity index (χ0) is 14.7. The SMILES string of the molecule is NNc1ncnc(Nc2ccc(F)c(F)c2)c1[N+](=O)[O-]. The van der Waals surface area contributed by atoms with E-state index in [2.05, 4.69) is 20.7 Å². The van der Waals surface area contributed by atoms with Crippen LogP contribution in [0, 0.1) is 21.7 Å². The molecule has 0 aliphatic rings. The minimum atomic E-state index is -1.09. The number of nitro groups is 1. The molecule has 104 valence electrons. The van der Waals surface area contributed by atoms with Crippen molar-refractivity contribution in [3.63, 3.8) is 0 Å². The number of hydrazine groups is 1. The first-order valence-corrected chi connectivity index (χ1v) is 5.21. The van der Waals surface area contributed by atoms with Gasteiger partial charge >= 0.3 is 5.69 Å². The van der Waals surface area contributed by atoms with Gasteiger partial charge in [0.1, 0.15) is 6.33 Å². The van der Waals surface area contributed by atoms with E-state index in [1.54, 1.807) is 0 Å². The van der Waals surface area contributed by atoms with E-state index in [-0.39, 0.29) is 17.3 Å². The molecule has 4 N–H and O–H groups in total. The Kier molecular flexibility index (Phi) is 3.66. The highest BCUT2D eigenvalue weighted by molar-refractivity contribution is 5.73. The molecule has 0 fully saturated rings. The van der Waals surface area contributed by atoms with E-state index in [1.807, 2.05) is 0 Å². The van der Waals surface area contributed by atoms with Crippen LogP contribution in [-0.4, -0.2) is 14.9 Å². The number of benzene rings is 1. The normalized spacial score (nSPS) is 10.2. The van der Waals surface area contributed by atoms with E-state index in [0.29, 0.717) is 0 Å². The first kappa shape index (κ1) is 13.5. The third-order valence-electron chi connectivity index (χ3n) is 2.32. The Bertz CT molecular complexity index is 666. The van der Waals surface area contributed by atoms with Gasteiger partial charge in [0.2, 0.25) is 11.6 Å². The van der Waals surface area contributed by atoms with Gasteiger partial charge in [0.25, 0.3) is 0 Å². The lowest BCUT2D eigenvalue weighted by molar-refractivity contribution is -0.383. The van der Waals surface area contributed by atoms with Crippen molar-refractivity contribution in [1.29, 1.82) is 0 Å². The molecule has 1 aromatic carbocycles. The third-order valence-corrected chi connectivity index (χ3v) is 2.32. The monoisotopic (exact) mass is 282 g/mol. The first-order valence-electron chi connectivity index (χ1n) is 5.21. The topological polar surface area (TPSA) is 119 Å². The van der Waals surface area contributed by atoms with Crippen molar-refractivity contribution in [3.05, 3.63) is 46.3 Å². The molecule has 0 amide bonds. The minimum absolute atomic E-state index is 0.0914. The lowest BCUT2D eigenvalue weighted by atomic mass is 10.3. The van der Waals surface area contributed by atoms with Gasteiger partial charge in [-0.25, -0.2) is 24.6 Å². The number of halogens is 2. The molecule has 1 heterocycles. The summed E-state index contributed by atoms with van der Waals surface area (Å²) in [6.07, 6.45) is 1.03. The van der Waals surface area contributed by atoms with E-state index < -0.39 is 22.2 Å². The van der Waals surface area contributed by atoms with Gasteiger partial charge in [-0.2, -0.15) is 0 Å². The van der Waals surface area contributed by atoms with E-state index in [0.717, 1.165) is 18.5 Å². The fraction of sp³-hybridized carbons (Fsp3) is 0. The smallest absolute Gasteiger partial charge is 0.334 e. The number of nitrogens with two attached hydrogens (primary N) is 1. The molecule has 0 aliphatic heterocycles. The summed E-state index contributed by atoms with van der Waals surface area (Å²) >= 11 is 0. The molecule has 0 saturated carbocycles. The average molecular weight is 282 g/mol. The fourth-order valence-corrected chi connectivity index (χ4v) is 1.46. The molecule has 2 rings (SSSR count). The van der Waals surface area contributed by atoms with Gasteiger partial charge in [0, 0.05) is 11.8 Å². The van der Waals surface area contributed by atoms with Crippen molar-refractivity contribution in [2.45, 2.75) is 0 Å². The van der Waals surface area contributed by atoms with Crippen LogP contribution >= 0.6 is 0 Å². The van der Waals surface area contributed by atoms with Crippen LogP contribution in [-0.2, 0) is 0 Å². The Balaban J connectivity index is 2.42. The summed E-state index contributed by atoms with van der Waals surface area (Å²) in [5.41, 5.74) is 1.63. The van der Waals surface area contributed by atoms with Crippen LogP contribution in [0.4, 0.5) is 31.8 Å². The van der Waals surface area contributed by atoms with Crippen LogP contribution in [0.5, 0.6) is 0 Å². The number of aromatic nitrogens is 2. The molecule has 20 heavy (non-hydrogen) atoms. The molecular weight excluding hydrogens is 274 g/mol. The van der Waals surface area contributed by atoms with Crippen LogP contribution in [0.25, 0.3) is 0 Å². The summed E-state index contributed by atoms with van der Waals surface area (Å²) in [6.45, 7) is 0. The van der Waals surface area contributed by atoms with Crippen LogP contribution in [0.15, 0.2) is 24.5 Å². The predicted molar refractivity (Wildman–Crippen MR) is 66.1 cm³/mol. The molecule has 1 aromatic heterocycles. The molecular formula is C10H8F2N6O2. The number of hydrogen-bond acceptors (Lipinski definition) is 7. The molecule has 0 atom stereocenters. The first-order chi connectivity index (χ1) is 9.52.